The van der Waals surface area contributed by atoms with Gasteiger partial charge in [0.05, 0.1) is 5.69 Å². The van der Waals surface area contributed by atoms with Gasteiger partial charge in [0.25, 0.3) is 0 Å². The summed E-state index contributed by atoms with van der Waals surface area (Å²) in [6.07, 6.45) is 0. The number of aliphatic carboxylic acids is 1. The maximum Gasteiger partial charge on any atom is 0.341 e. The molecule has 7 heteroatoms. The van der Waals surface area contributed by atoms with Gasteiger partial charge in [-0.1, -0.05) is 11.2 Å². The maximum atomic E-state index is 10.9. The first-order chi connectivity index (χ1) is 12.5. The van der Waals surface area contributed by atoms with E-state index in [1.165, 1.54) is 0 Å². The molecular weight excluding hydrogens is 352 g/mol. The first-order valence-corrected chi connectivity index (χ1v) is 9.01. The highest BCUT2D eigenvalue weighted by Crippen LogP contribution is 2.30. The number of nitrogens with zero attached hydrogens (tertiary/aromatic N) is 2. The first-order valence-electron chi connectivity index (χ1n) is 8.13. The fourth-order valence-electron chi connectivity index (χ4n) is 2.70. The highest BCUT2D eigenvalue weighted by atomic mass is 32.1. The van der Waals surface area contributed by atoms with Crippen LogP contribution in [0.5, 0.6) is 5.75 Å². The average Bonchev–Trinajstić information content (AvgIpc) is 3.25. The van der Waals surface area contributed by atoms with E-state index < -0.39 is 5.97 Å². The van der Waals surface area contributed by atoms with Crippen LogP contribution >= 0.6 is 11.3 Å². The quantitative estimate of drug-likeness (QED) is 0.648. The minimum Gasteiger partial charge on any atom is -0.482 e. The van der Waals surface area contributed by atoms with E-state index >= 15 is 0 Å². The van der Waals surface area contributed by atoms with E-state index in [0.29, 0.717) is 18.8 Å². The van der Waals surface area contributed by atoms with Crippen molar-refractivity contribution in [3.8, 4) is 16.2 Å². The highest BCUT2D eigenvalue weighted by molar-refractivity contribution is 7.13. The van der Waals surface area contributed by atoms with Crippen molar-refractivity contribution in [3.05, 3.63) is 58.8 Å². The minimum atomic E-state index is -0.996. The molecule has 3 rings (SSSR count). The number of thiophene rings is 1. The van der Waals surface area contributed by atoms with E-state index in [1.807, 2.05) is 49.7 Å². The SMILES string of the molecule is Cc1cc(CN(C)Cc2cc(-c3cccs3)ccc2OCC(=O)O)no1. The third-order valence-electron chi connectivity index (χ3n) is 3.77. The molecular formula is C19H20N2O4S. The van der Waals surface area contributed by atoms with E-state index in [9.17, 15) is 4.79 Å². The molecule has 0 radical (unpaired) electrons. The molecule has 1 aromatic carbocycles. The molecule has 0 spiro atoms. The number of rotatable bonds is 8. The van der Waals surface area contributed by atoms with Crippen molar-refractivity contribution in [1.82, 2.24) is 10.1 Å². The number of hydrogen-bond donors (Lipinski definition) is 1. The Morgan fingerprint density at radius 3 is 2.81 bits per heavy atom. The van der Waals surface area contributed by atoms with Gasteiger partial charge in [0.15, 0.2) is 6.61 Å². The van der Waals surface area contributed by atoms with Gasteiger partial charge >= 0.3 is 5.97 Å². The van der Waals surface area contributed by atoms with Crippen LogP contribution in [0.3, 0.4) is 0 Å². The third-order valence-corrected chi connectivity index (χ3v) is 4.69. The topological polar surface area (TPSA) is 75.8 Å². The van der Waals surface area contributed by atoms with E-state index in [4.69, 9.17) is 14.4 Å². The van der Waals surface area contributed by atoms with Crippen molar-refractivity contribution in [1.29, 1.82) is 0 Å². The smallest absolute Gasteiger partial charge is 0.341 e. The summed E-state index contributed by atoms with van der Waals surface area (Å²) >= 11 is 1.66. The van der Waals surface area contributed by atoms with Gasteiger partial charge in [0, 0.05) is 29.6 Å². The summed E-state index contributed by atoms with van der Waals surface area (Å²) in [4.78, 5) is 14.1. The summed E-state index contributed by atoms with van der Waals surface area (Å²) < 4.78 is 10.6. The van der Waals surface area contributed by atoms with Gasteiger partial charge in [-0.25, -0.2) is 4.79 Å². The number of carboxylic acid groups (broad SMARTS) is 1. The van der Waals surface area contributed by atoms with Crippen molar-refractivity contribution >= 4 is 17.3 Å². The molecule has 0 aliphatic rings. The van der Waals surface area contributed by atoms with Crippen LogP contribution in [-0.4, -0.2) is 34.8 Å². The molecule has 0 fully saturated rings. The molecule has 1 N–H and O–H groups in total. The second-order valence-electron chi connectivity index (χ2n) is 6.08. The zero-order valence-corrected chi connectivity index (χ0v) is 15.5. The number of carboxylic acids is 1. The first kappa shape index (κ1) is 18.2. The normalized spacial score (nSPS) is 11.0. The van der Waals surface area contributed by atoms with E-state index in [-0.39, 0.29) is 6.61 Å². The Morgan fingerprint density at radius 2 is 2.15 bits per heavy atom. The molecule has 0 aliphatic carbocycles. The van der Waals surface area contributed by atoms with Gasteiger partial charge in [-0.2, -0.15) is 0 Å². The Bertz CT molecular complexity index is 874. The fraction of sp³-hybridized carbons (Fsp3) is 0.263. The zero-order chi connectivity index (χ0) is 18.5. The number of carbonyl (C=O) groups is 1. The van der Waals surface area contributed by atoms with Gasteiger partial charge in [-0.05, 0) is 49.2 Å². The fourth-order valence-corrected chi connectivity index (χ4v) is 3.42. The van der Waals surface area contributed by atoms with Crippen molar-refractivity contribution in [3.63, 3.8) is 0 Å². The predicted octanol–water partition coefficient (Wildman–Crippen LogP) is 3.81. The Balaban J connectivity index is 1.80. The van der Waals surface area contributed by atoms with Crippen LogP contribution < -0.4 is 4.74 Å². The summed E-state index contributed by atoms with van der Waals surface area (Å²) in [7, 11) is 1.98. The van der Waals surface area contributed by atoms with E-state index in [1.54, 1.807) is 11.3 Å². The van der Waals surface area contributed by atoms with Crippen LogP contribution in [0.4, 0.5) is 0 Å². The largest absolute Gasteiger partial charge is 0.482 e. The van der Waals surface area contributed by atoms with Gasteiger partial charge in [0.1, 0.15) is 11.5 Å². The van der Waals surface area contributed by atoms with Gasteiger partial charge in [-0.3, -0.25) is 4.90 Å². The molecule has 0 amide bonds. The van der Waals surface area contributed by atoms with Crippen molar-refractivity contribution in [2.45, 2.75) is 20.0 Å². The minimum absolute atomic E-state index is 0.364. The summed E-state index contributed by atoms with van der Waals surface area (Å²) in [6, 6.07) is 11.8. The van der Waals surface area contributed by atoms with Gasteiger partial charge in [-0.15, -0.1) is 11.3 Å². The monoisotopic (exact) mass is 372 g/mol. The third kappa shape index (κ3) is 4.71. The zero-order valence-electron chi connectivity index (χ0n) is 14.6. The van der Waals surface area contributed by atoms with E-state index in [2.05, 4.69) is 16.1 Å². The number of ether oxygens (including phenoxy) is 1. The molecule has 0 saturated carbocycles. The lowest BCUT2D eigenvalue weighted by Crippen LogP contribution is -2.19. The standard InChI is InChI=1S/C19H20N2O4S/c1-13-8-16(20-25-13)11-21(2)10-15-9-14(18-4-3-7-26-18)5-6-17(15)24-12-19(22)23/h3-9H,10-12H2,1-2H3,(H,22,23). The van der Waals surface area contributed by atoms with Crippen LogP contribution in [0.1, 0.15) is 17.0 Å². The Morgan fingerprint density at radius 1 is 1.31 bits per heavy atom. The number of aromatic nitrogens is 1. The number of benzene rings is 1. The molecule has 6 nitrogen and oxygen atoms in total. The highest BCUT2D eigenvalue weighted by Gasteiger charge is 2.13. The lowest BCUT2D eigenvalue weighted by atomic mass is 10.1. The summed E-state index contributed by atoms with van der Waals surface area (Å²) in [5.74, 6) is 0.360. The number of aryl methyl sites for hydroxylation is 1. The van der Waals surface area contributed by atoms with Crippen molar-refractivity contribution in [2.24, 2.45) is 0 Å². The molecule has 0 atom stereocenters. The Hall–Kier alpha value is -2.64. The molecule has 136 valence electrons. The molecule has 2 heterocycles. The molecule has 0 unspecified atom stereocenters. The van der Waals surface area contributed by atoms with Crippen LogP contribution in [-0.2, 0) is 17.9 Å². The van der Waals surface area contributed by atoms with Gasteiger partial charge < -0.3 is 14.4 Å². The van der Waals surface area contributed by atoms with Crippen molar-refractivity contribution in [2.75, 3.05) is 13.7 Å². The molecule has 0 bridgehead atoms. The van der Waals surface area contributed by atoms with Crippen molar-refractivity contribution < 1.29 is 19.2 Å². The van der Waals surface area contributed by atoms with Crippen LogP contribution in [0.15, 0.2) is 46.3 Å². The van der Waals surface area contributed by atoms with Crippen LogP contribution in [0.25, 0.3) is 10.4 Å². The lowest BCUT2D eigenvalue weighted by molar-refractivity contribution is -0.139. The second kappa shape index (κ2) is 8.16. The second-order valence-corrected chi connectivity index (χ2v) is 7.03. The molecule has 0 saturated heterocycles. The Labute approximate surface area is 155 Å². The van der Waals surface area contributed by atoms with Crippen LogP contribution in [0, 0.1) is 6.92 Å². The molecule has 3 aromatic rings. The Kier molecular flexibility index (Phi) is 5.70. The van der Waals surface area contributed by atoms with Gasteiger partial charge in [0.2, 0.25) is 0 Å². The lowest BCUT2D eigenvalue weighted by Gasteiger charge is -2.18. The summed E-state index contributed by atoms with van der Waals surface area (Å²) in [6.45, 7) is 2.72. The summed E-state index contributed by atoms with van der Waals surface area (Å²) in [5, 5.41) is 14.9. The molecule has 0 aliphatic heterocycles. The molecule has 2 aromatic heterocycles. The maximum absolute atomic E-state index is 10.9. The van der Waals surface area contributed by atoms with Crippen LogP contribution in [0.2, 0.25) is 0 Å². The summed E-state index contributed by atoms with van der Waals surface area (Å²) in [5.41, 5.74) is 2.87. The predicted molar refractivity (Wildman–Crippen MR) is 99.3 cm³/mol. The molecule has 26 heavy (non-hydrogen) atoms. The average molecular weight is 372 g/mol. The number of hydrogen-bond acceptors (Lipinski definition) is 6. The van der Waals surface area contributed by atoms with E-state index in [0.717, 1.165) is 27.5 Å².